The summed E-state index contributed by atoms with van der Waals surface area (Å²) >= 11 is 0. The summed E-state index contributed by atoms with van der Waals surface area (Å²) in [5.41, 5.74) is 2.48. The van der Waals surface area contributed by atoms with E-state index in [0.29, 0.717) is 25.7 Å². The van der Waals surface area contributed by atoms with Gasteiger partial charge in [0, 0.05) is 24.1 Å². The van der Waals surface area contributed by atoms with E-state index in [9.17, 15) is 28.2 Å². The number of amides is 1. The van der Waals surface area contributed by atoms with E-state index in [4.69, 9.17) is 4.74 Å². The number of hydrogen-bond acceptors (Lipinski definition) is 7. The molecule has 1 fully saturated rings. The Balaban J connectivity index is 1.23. The normalized spacial score (nSPS) is 17.2. The van der Waals surface area contributed by atoms with Crippen LogP contribution in [0.3, 0.4) is 0 Å². The smallest absolute Gasteiger partial charge is 0.329 e. The number of esters is 1. The molecule has 0 radical (unpaired) electrons. The van der Waals surface area contributed by atoms with Gasteiger partial charge in [-0.25, -0.2) is 17.9 Å². The van der Waals surface area contributed by atoms with E-state index in [1.165, 1.54) is 36.4 Å². The van der Waals surface area contributed by atoms with E-state index in [2.05, 4.69) is 10.0 Å². The van der Waals surface area contributed by atoms with E-state index in [-0.39, 0.29) is 46.9 Å². The Morgan fingerprint density at radius 2 is 1.47 bits per heavy atom. The highest BCUT2D eigenvalue weighted by molar-refractivity contribution is 7.89. The molecular formula is C35H36N2O7S. The molecule has 4 aromatic rings. The third kappa shape index (κ3) is 8.49. The monoisotopic (exact) mass is 628 g/mol. The molecule has 0 spiro atoms. The van der Waals surface area contributed by atoms with E-state index in [0.717, 1.165) is 16.7 Å². The highest BCUT2D eigenvalue weighted by Gasteiger charge is 2.29. The maximum Gasteiger partial charge on any atom is 0.329 e. The second-order valence-electron chi connectivity index (χ2n) is 11.2. The number of aromatic hydroxyl groups is 2. The minimum Gasteiger partial charge on any atom is -0.508 e. The van der Waals surface area contributed by atoms with Crippen LogP contribution in [-0.4, -0.2) is 42.6 Å². The topological polar surface area (TPSA) is 142 Å². The lowest BCUT2D eigenvalue weighted by Gasteiger charge is -2.29. The summed E-state index contributed by atoms with van der Waals surface area (Å²) in [6.07, 6.45) is 2.66. The number of carbonyl (C=O) groups is 2. The fraction of sp³-hybridized carbons (Fsp3) is 0.257. The van der Waals surface area contributed by atoms with Gasteiger partial charge in [-0.15, -0.1) is 0 Å². The van der Waals surface area contributed by atoms with Gasteiger partial charge in [0.2, 0.25) is 10.0 Å². The fourth-order valence-electron chi connectivity index (χ4n) is 5.61. The maximum absolute atomic E-state index is 13.3. The molecule has 234 valence electrons. The minimum atomic E-state index is -3.95. The van der Waals surface area contributed by atoms with Crippen molar-refractivity contribution in [1.29, 1.82) is 0 Å². The highest BCUT2D eigenvalue weighted by atomic mass is 32.2. The van der Waals surface area contributed by atoms with E-state index >= 15 is 0 Å². The molecule has 0 aromatic heterocycles. The number of ether oxygens (including phenoxy) is 1. The second-order valence-corrected chi connectivity index (χ2v) is 13.0. The molecule has 4 N–H and O–H groups in total. The summed E-state index contributed by atoms with van der Waals surface area (Å²) < 4.78 is 34.9. The zero-order chi connectivity index (χ0) is 31.8. The molecule has 10 heteroatoms. The highest BCUT2D eigenvalue weighted by Crippen LogP contribution is 2.38. The van der Waals surface area contributed by atoms with Gasteiger partial charge in [0.05, 0.1) is 4.90 Å². The zero-order valence-electron chi connectivity index (χ0n) is 24.6. The summed E-state index contributed by atoms with van der Waals surface area (Å²) in [5, 5.41) is 22.5. The Morgan fingerprint density at radius 3 is 2.13 bits per heavy atom. The molecule has 0 aliphatic heterocycles. The molecule has 4 aromatic carbocycles. The van der Waals surface area contributed by atoms with Crippen molar-refractivity contribution in [2.75, 3.05) is 0 Å². The number of benzene rings is 4. The summed E-state index contributed by atoms with van der Waals surface area (Å²) in [6.45, 7) is 0.0538. The first kappa shape index (κ1) is 31.7. The Hall–Kier alpha value is -4.67. The average molecular weight is 629 g/mol. The summed E-state index contributed by atoms with van der Waals surface area (Å²) in [7, 11) is -3.95. The van der Waals surface area contributed by atoms with Gasteiger partial charge in [-0.3, -0.25) is 4.79 Å². The Morgan fingerprint density at radius 1 is 0.800 bits per heavy atom. The summed E-state index contributed by atoms with van der Waals surface area (Å²) in [6, 6.07) is 27.4. The lowest BCUT2D eigenvalue weighted by molar-refractivity contribution is -0.147. The van der Waals surface area contributed by atoms with Gasteiger partial charge in [-0.2, -0.15) is 0 Å². The Labute approximate surface area is 262 Å². The van der Waals surface area contributed by atoms with Crippen molar-refractivity contribution in [1.82, 2.24) is 10.0 Å². The molecule has 0 bridgehead atoms. The Kier molecular flexibility index (Phi) is 10.2. The van der Waals surface area contributed by atoms with Gasteiger partial charge < -0.3 is 20.3 Å². The molecule has 0 unspecified atom stereocenters. The first-order chi connectivity index (χ1) is 21.7. The number of phenols is 2. The van der Waals surface area contributed by atoms with E-state index in [1.54, 1.807) is 6.07 Å². The lowest BCUT2D eigenvalue weighted by Crippen LogP contribution is -2.43. The SMILES string of the molecule is O=C(N[C@@H](Cc1ccccc1)C(=O)OCc1ccccc1)c1cccc(S(=O)(=O)NC2CCC(c3ccc(O)cc3O)CC2)c1. The lowest BCUT2D eigenvalue weighted by atomic mass is 9.81. The molecule has 9 nitrogen and oxygen atoms in total. The Bertz CT molecular complexity index is 1720. The number of nitrogens with one attached hydrogen (secondary N) is 2. The average Bonchev–Trinajstić information content (AvgIpc) is 3.05. The number of hydrogen-bond donors (Lipinski definition) is 4. The quantitative estimate of drug-likeness (QED) is 0.168. The van der Waals surface area contributed by atoms with E-state index < -0.39 is 27.9 Å². The van der Waals surface area contributed by atoms with Crippen molar-refractivity contribution in [2.45, 2.75) is 61.6 Å². The molecule has 0 heterocycles. The van der Waals surface area contributed by atoms with Crippen molar-refractivity contribution >= 4 is 21.9 Å². The van der Waals surface area contributed by atoms with Crippen LogP contribution in [0.25, 0.3) is 0 Å². The van der Waals surface area contributed by atoms with Gasteiger partial charge in [0.1, 0.15) is 24.1 Å². The predicted octanol–water partition coefficient (Wildman–Crippen LogP) is 5.19. The molecule has 1 saturated carbocycles. The third-order valence-electron chi connectivity index (χ3n) is 8.01. The maximum atomic E-state index is 13.3. The number of sulfonamides is 1. The van der Waals surface area contributed by atoms with Crippen LogP contribution in [0, 0.1) is 0 Å². The van der Waals surface area contributed by atoms with Gasteiger partial charge in [-0.05, 0) is 72.6 Å². The largest absolute Gasteiger partial charge is 0.508 e. The molecule has 1 atom stereocenters. The summed E-state index contributed by atoms with van der Waals surface area (Å²) in [4.78, 5) is 26.4. The van der Waals surface area contributed by atoms with Gasteiger partial charge in [0.15, 0.2) is 0 Å². The number of carbonyl (C=O) groups excluding carboxylic acids is 2. The van der Waals surface area contributed by atoms with Crippen molar-refractivity contribution in [3.63, 3.8) is 0 Å². The number of rotatable bonds is 11. The molecule has 1 amide bonds. The number of phenolic OH excluding ortho intramolecular Hbond substituents is 2. The van der Waals surface area contributed by atoms with Crippen molar-refractivity contribution in [3.05, 3.63) is 125 Å². The van der Waals surface area contributed by atoms with Crippen LogP contribution in [0.1, 0.15) is 58.6 Å². The van der Waals surface area contributed by atoms with E-state index in [1.807, 2.05) is 60.7 Å². The van der Waals surface area contributed by atoms with Crippen LogP contribution >= 0.6 is 0 Å². The van der Waals surface area contributed by atoms with Crippen LogP contribution < -0.4 is 10.0 Å². The van der Waals surface area contributed by atoms with Crippen LogP contribution in [-0.2, 0) is 32.6 Å². The van der Waals surface area contributed by atoms with Crippen LogP contribution in [0.5, 0.6) is 11.5 Å². The molecular weight excluding hydrogens is 592 g/mol. The molecule has 1 aliphatic rings. The van der Waals surface area contributed by atoms with Gasteiger partial charge in [-0.1, -0.05) is 72.8 Å². The first-order valence-corrected chi connectivity index (χ1v) is 16.4. The van der Waals surface area contributed by atoms with Crippen molar-refractivity contribution in [2.24, 2.45) is 0 Å². The zero-order valence-corrected chi connectivity index (χ0v) is 25.5. The van der Waals surface area contributed by atoms with Crippen LogP contribution in [0.15, 0.2) is 108 Å². The molecule has 5 rings (SSSR count). The molecule has 1 aliphatic carbocycles. The molecule has 0 saturated heterocycles. The molecule has 45 heavy (non-hydrogen) atoms. The van der Waals surface area contributed by atoms with Crippen LogP contribution in [0.4, 0.5) is 0 Å². The standard InChI is InChI=1S/C35H36N2O7S/c38-29-18-19-31(33(39)22-29)26-14-16-28(17-15-26)37-45(42,43)30-13-7-12-27(21-30)34(40)36-32(20-24-8-3-1-4-9-24)35(41)44-23-25-10-5-2-6-11-25/h1-13,18-19,21-22,26,28,32,37-39H,14-17,20,23H2,(H,36,40)/t26?,28?,32-/m0/s1. The van der Waals surface area contributed by atoms with Gasteiger partial charge >= 0.3 is 5.97 Å². The van der Waals surface area contributed by atoms with Crippen LogP contribution in [0.2, 0.25) is 0 Å². The first-order valence-electron chi connectivity index (χ1n) is 14.9. The minimum absolute atomic E-state index is 0.0108. The third-order valence-corrected chi connectivity index (χ3v) is 9.52. The van der Waals surface area contributed by atoms with Gasteiger partial charge in [0.25, 0.3) is 5.91 Å². The second kappa shape index (κ2) is 14.4. The predicted molar refractivity (Wildman–Crippen MR) is 169 cm³/mol. The van der Waals surface area contributed by atoms with Crippen molar-refractivity contribution in [3.8, 4) is 11.5 Å². The summed E-state index contributed by atoms with van der Waals surface area (Å²) in [5.74, 6) is -1.12. The van der Waals surface area contributed by atoms with Crippen molar-refractivity contribution < 1.29 is 33.0 Å². The fourth-order valence-corrected chi connectivity index (χ4v) is 6.96.